The Balaban J connectivity index is 1.78. The summed E-state index contributed by atoms with van der Waals surface area (Å²) >= 11 is 0. The number of benzene rings is 2. The van der Waals surface area contributed by atoms with Crippen molar-refractivity contribution in [1.82, 2.24) is 0 Å². The minimum absolute atomic E-state index is 0.137. The van der Waals surface area contributed by atoms with Gasteiger partial charge in [-0.3, -0.25) is 9.59 Å². The van der Waals surface area contributed by atoms with Gasteiger partial charge in [0.15, 0.2) is 6.61 Å². The van der Waals surface area contributed by atoms with Gasteiger partial charge in [0.2, 0.25) is 5.91 Å². The summed E-state index contributed by atoms with van der Waals surface area (Å²) in [7, 11) is 2.91. The highest BCUT2D eigenvalue weighted by Gasteiger charge is 2.30. The highest BCUT2D eigenvalue weighted by molar-refractivity contribution is 6.05. The summed E-state index contributed by atoms with van der Waals surface area (Å²) in [6.07, 6.45) is 0.137. The van der Waals surface area contributed by atoms with Crippen LogP contribution in [-0.2, 0) is 14.3 Å². The summed E-state index contributed by atoms with van der Waals surface area (Å²) in [6, 6.07) is 11.3. The van der Waals surface area contributed by atoms with Crippen LogP contribution in [0.15, 0.2) is 42.5 Å². The molecule has 0 aliphatic carbocycles. The van der Waals surface area contributed by atoms with Gasteiger partial charge in [-0.25, -0.2) is 4.79 Å². The molecule has 29 heavy (non-hydrogen) atoms. The summed E-state index contributed by atoms with van der Waals surface area (Å²) in [6.45, 7) is 1.29. The molecule has 0 fully saturated rings. The third-order valence-corrected chi connectivity index (χ3v) is 4.58. The Kier molecular flexibility index (Phi) is 6.01. The van der Waals surface area contributed by atoms with Gasteiger partial charge in [0.1, 0.15) is 17.1 Å². The van der Waals surface area contributed by atoms with Gasteiger partial charge in [0.25, 0.3) is 5.91 Å². The topological polar surface area (TPSA) is 94.2 Å². The van der Waals surface area contributed by atoms with Gasteiger partial charge in [-0.2, -0.15) is 0 Å². The fourth-order valence-electron chi connectivity index (χ4n) is 3.22. The molecule has 2 aromatic rings. The number of nitrogens with one attached hydrogen (secondary N) is 1. The van der Waals surface area contributed by atoms with Crippen molar-refractivity contribution in [2.24, 2.45) is 0 Å². The number of carbonyl (C=O) groups is 3. The quantitative estimate of drug-likeness (QED) is 0.778. The molecular formula is C21H22N2O6. The maximum absolute atomic E-state index is 12.9. The molecular weight excluding hydrogens is 376 g/mol. The number of methoxy groups -OCH3 is 2. The summed E-state index contributed by atoms with van der Waals surface area (Å²) in [4.78, 5) is 39.0. The van der Waals surface area contributed by atoms with Crippen LogP contribution in [0.2, 0.25) is 0 Å². The van der Waals surface area contributed by atoms with E-state index in [1.54, 1.807) is 43.3 Å². The molecule has 2 aromatic carbocycles. The van der Waals surface area contributed by atoms with E-state index in [0.717, 1.165) is 0 Å². The largest absolute Gasteiger partial charge is 0.497 e. The first kappa shape index (κ1) is 20.2. The van der Waals surface area contributed by atoms with E-state index in [1.165, 1.54) is 25.2 Å². The van der Waals surface area contributed by atoms with Crippen molar-refractivity contribution in [2.45, 2.75) is 19.4 Å². The predicted molar refractivity (Wildman–Crippen MR) is 106 cm³/mol. The van der Waals surface area contributed by atoms with E-state index in [-0.39, 0.29) is 17.9 Å². The fourth-order valence-corrected chi connectivity index (χ4v) is 3.22. The second kappa shape index (κ2) is 8.64. The van der Waals surface area contributed by atoms with Crippen LogP contribution >= 0.6 is 0 Å². The van der Waals surface area contributed by atoms with E-state index in [4.69, 9.17) is 14.2 Å². The Bertz CT molecular complexity index is 943. The van der Waals surface area contributed by atoms with Gasteiger partial charge in [0, 0.05) is 12.5 Å². The number of ether oxygens (including phenoxy) is 3. The lowest BCUT2D eigenvalue weighted by molar-refractivity contribution is -0.122. The number of esters is 1. The zero-order valence-corrected chi connectivity index (χ0v) is 16.4. The third-order valence-electron chi connectivity index (χ3n) is 4.58. The van der Waals surface area contributed by atoms with Gasteiger partial charge in [0.05, 0.1) is 25.6 Å². The number of rotatable bonds is 5. The summed E-state index contributed by atoms with van der Waals surface area (Å²) in [5.41, 5.74) is 1.25. The van der Waals surface area contributed by atoms with Crippen LogP contribution < -0.4 is 19.7 Å². The van der Waals surface area contributed by atoms with Crippen molar-refractivity contribution in [3.05, 3.63) is 48.0 Å². The van der Waals surface area contributed by atoms with Crippen molar-refractivity contribution in [2.75, 3.05) is 31.0 Å². The van der Waals surface area contributed by atoms with E-state index >= 15 is 0 Å². The van der Waals surface area contributed by atoms with E-state index in [2.05, 4.69) is 5.32 Å². The van der Waals surface area contributed by atoms with Gasteiger partial charge < -0.3 is 24.4 Å². The lowest BCUT2D eigenvalue weighted by Crippen LogP contribution is -2.41. The van der Waals surface area contributed by atoms with Crippen molar-refractivity contribution < 1.29 is 28.6 Å². The molecule has 3 rings (SSSR count). The van der Waals surface area contributed by atoms with Gasteiger partial charge in [-0.15, -0.1) is 0 Å². The molecule has 0 unspecified atom stereocenters. The average Bonchev–Trinajstić information content (AvgIpc) is 2.85. The average molecular weight is 398 g/mol. The molecule has 0 radical (unpaired) electrons. The second-order valence-electron chi connectivity index (χ2n) is 6.52. The minimum atomic E-state index is -0.709. The summed E-state index contributed by atoms with van der Waals surface area (Å²) in [5.74, 6) is -0.552. The molecule has 8 heteroatoms. The smallest absolute Gasteiger partial charge is 0.342 e. The zero-order valence-electron chi connectivity index (χ0n) is 16.4. The van der Waals surface area contributed by atoms with Gasteiger partial charge in [-0.05, 0) is 37.3 Å². The maximum Gasteiger partial charge on any atom is 0.342 e. The van der Waals surface area contributed by atoms with Crippen molar-refractivity contribution >= 4 is 29.2 Å². The number of anilines is 2. The number of carbonyl (C=O) groups excluding carboxylic acids is 3. The maximum atomic E-state index is 12.9. The molecule has 0 aromatic heterocycles. The Labute approximate surface area is 168 Å². The summed E-state index contributed by atoms with van der Waals surface area (Å²) in [5, 5.41) is 2.79. The highest BCUT2D eigenvalue weighted by atomic mass is 16.5. The van der Waals surface area contributed by atoms with Gasteiger partial charge >= 0.3 is 5.97 Å². The zero-order chi connectivity index (χ0) is 21.0. The molecule has 8 nitrogen and oxygen atoms in total. The number of amides is 2. The number of para-hydroxylation sites is 2. The number of hydrogen-bond donors (Lipinski definition) is 1. The van der Waals surface area contributed by atoms with E-state index < -0.39 is 24.5 Å². The first-order valence-corrected chi connectivity index (χ1v) is 9.04. The van der Waals surface area contributed by atoms with E-state index in [0.29, 0.717) is 22.9 Å². The Morgan fingerprint density at radius 3 is 2.62 bits per heavy atom. The number of hydrogen-bond acceptors (Lipinski definition) is 6. The number of nitrogens with zero attached hydrogens (tertiary/aromatic N) is 1. The molecule has 0 saturated carbocycles. The fraction of sp³-hybridized carbons (Fsp3) is 0.286. The standard InChI is InChI=1S/C21H22N2O6/c1-13-10-19(24)22-16-6-4-5-7-17(16)23(13)20(25)12-29-21(26)15-11-14(27-2)8-9-18(15)28-3/h4-9,11,13H,10,12H2,1-3H3,(H,22,24)/t13-/m1/s1. The van der Waals surface area contributed by atoms with Crippen LogP contribution in [0.25, 0.3) is 0 Å². The summed E-state index contributed by atoms with van der Waals surface area (Å²) < 4.78 is 15.6. The Morgan fingerprint density at radius 1 is 1.14 bits per heavy atom. The van der Waals surface area contributed by atoms with Crippen LogP contribution in [0.5, 0.6) is 11.5 Å². The number of fused-ring (bicyclic) bond motifs is 1. The van der Waals surface area contributed by atoms with E-state index in [9.17, 15) is 14.4 Å². The van der Waals surface area contributed by atoms with Crippen LogP contribution in [0.1, 0.15) is 23.7 Å². The SMILES string of the molecule is COc1ccc(OC)c(C(=O)OCC(=O)N2c3ccccc3NC(=O)C[C@H]2C)c1. The highest BCUT2D eigenvalue weighted by Crippen LogP contribution is 2.31. The van der Waals surface area contributed by atoms with Crippen molar-refractivity contribution in [3.63, 3.8) is 0 Å². The molecule has 1 atom stereocenters. The second-order valence-corrected chi connectivity index (χ2v) is 6.52. The molecule has 152 valence electrons. The molecule has 1 aliphatic heterocycles. The first-order valence-electron chi connectivity index (χ1n) is 9.04. The van der Waals surface area contributed by atoms with Gasteiger partial charge in [-0.1, -0.05) is 12.1 Å². The van der Waals surface area contributed by atoms with Crippen LogP contribution in [-0.4, -0.2) is 44.7 Å². The Morgan fingerprint density at radius 2 is 1.90 bits per heavy atom. The third kappa shape index (κ3) is 4.31. The molecule has 2 amide bonds. The van der Waals surface area contributed by atoms with Crippen LogP contribution in [0.4, 0.5) is 11.4 Å². The molecule has 0 spiro atoms. The lowest BCUT2D eigenvalue weighted by atomic mass is 10.1. The van der Waals surface area contributed by atoms with Crippen molar-refractivity contribution in [3.8, 4) is 11.5 Å². The van der Waals surface area contributed by atoms with Crippen LogP contribution in [0.3, 0.4) is 0 Å². The molecule has 1 aliphatic rings. The monoisotopic (exact) mass is 398 g/mol. The van der Waals surface area contributed by atoms with Crippen molar-refractivity contribution in [1.29, 1.82) is 0 Å². The Hall–Kier alpha value is -3.55. The normalized spacial score (nSPS) is 15.6. The molecule has 1 N–H and O–H groups in total. The molecule has 0 saturated heterocycles. The molecule has 1 heterocycles. The van der Waals surface area contributed by atoms with Crippen LogP contribution in [0, 0.1) is 0 Å². The first-order chi connectivity index (χ1) is 13.9. The minimum Gasteiger partial charge on any atom is -0.497 e. The lowest BCUT2D eigenvalue weighted by Gasteiger charge is -2.27. The van der Waals surface area contributed by atoms with E-state index in [1.807, 2.05) is 0 Å². The molecule has 0 bridgehead atoms. The predicted octanol–water partition coefficient (Wildman–Crippen LogP) is 2.62.